The zero-order valence-electron chi connectivity index (χ0n) is 13.3. The van der Waals surface area contributed by atoms with E-state index in [4.69, 9.17) is 0 Å². The Hall–Kier alpha value is -0.470. The molecule has 21 heavy (non-hydrogen) atoms. The van der Waals surface area contributed by atoms with Crippen molar-refractivity contribution in [3.05, 3.63) is 0 Å². The predicted molar refractivity (Wildman–Crippen MR) is 91.6 cm³/mol. The van der Waals surface area contributed by atoms with Gasteiger partial charge in [-0.05, 0) is 20.3 Å². The second-order valence-corrected chi connectivity index (χ2v) is 8.35. The summed E-state index contributed by atoms with van der Waals surface area (Å²) in [6.07, 6.45) is 0.994. The first-order valence-corrected chi connectivity index (χ1v) is 10.4. The number of sulfonamides is 1. The van der Waals surface area contributed by atoms with Gasteiger partial charge in [-0.1, -0.05) is 6.92 Å². The SMILES string of the molecule is CCNC(=NCCS(=O)(=O)N1CCSCC1)NC(C)CC. The molecule has 1 atom stereocenters. The smallest absolute Gasteiger partial charge is 0.215 e. The quantitative estimate of drug-likeness (QED) is 0.529. The van der Waals surface area contributed by atoms with E-state index < -0.39 is 10.0 Å². The van der Waals surface area contributed by atoms with Crippen LogP contribution in [0.1, 0.15) is 27.2 Å². The van der Waals surface area contributed by atoms with Gasteiger partial charge in [0.1, 0.15) is 0 Å². The number of hydrogen-bond donors (Lipinski definition) is 2. The topological polar surface area (TPSA) is 73.8 Å². The van der Waals surface area contributed by atoms with Crippen molar-refractivity contribution in [3.63, 3.8) is 0 Å². The van der Waals surface area contributed by atoms with Crippen LogP contribution in [-0.4, -0.2) is 68.2 Å². The van der Waals surface area contributed by atoms with Crippen LogP contribution in [0.5, 0.6) is 0 Å². The average molecular weight is 337 g/mol. The van der Waals surface area contributed by atoms with Gasteiger partial charge in [0.05, 0.1) is 12.3 Å². The summed E-state index contributed by atoms with van der Waals surface area (Å²) >= 11 is 1.81. The van der Waals surface area contributed by atoms with Crippen LogP contribution in [0.15, 0.2) is 4.99 Å². The standard InChI is InChI=1S/C13H28N4O2S2/c1-4-12(3)16-13(14-5-2)15-6-11-21(18,19)17-7-9-20-10-8-17/h12H,4-11H2,1-3H3,(H2,14,15,16). The van der Waals surface area contributed by atoms with E-state index in [2.05, 4.69) is 29.5 Å². The molecule has 124 valence electrons. The molecule has 1 aliphatic heterocycles. The fraction of sp³-hybridized carbons (Fsp3) is 0.923. The molecule has 1 heterocycles. The molecule has 0 amide bonds. The fourth-order valence-electron chi connectivity index (χ4n) is 1.88. The number of rotatable bonds is 7. The van der Waals surface area contributed by atoms with Crippen molar-refractivity contribution in [2.45, 2.75) is 33.2 Å². The van der Waals surface area contributed by atoms with E-state index in [1.54, 1.807) is 16.1 Å². The minimum absolute atomic E-state index is 0.0781. The average Bonchev–Trinajstić information content (AvgIpc) is 2.48. The van der Waals surface area contributed by atoms with Gasteiger partial charge in [0, 0.05) is 37.2 Å². The van der Waals surface area contributed by atoms with E-state index in [0.29, 0.717) is 25.1 Å². The molecule has 1 unspecified atom stereocenters. The van der Waals surface area contributed by atoms with E-state index >= 15 is 0 Å². The Balaban J connectivity index is 2.51. The second-order valence-electron chi connectivity index (χ2n) is 5.04. The van der Waals surface area contributed by atoms with Gasteiger partial charge in [-0.3, -0.25) is 4.99 Å². The molecule has 6 nitrogen and oxygen atoms in total. The van der Waals surface area contributed by atoms with Crippen LogP contribution in [0.3, 0.4) is 0 Å². The van der Waals surface area contributed by atoms with Gasteiger partial charge in [-0.25, -0.2) is 12.7 Å². The normalized spacial score (nSPS) is 19.3. The van der Waals surface area contributed by atoms with Crippen molar-refractivity contribution in [1.29, 1.82) is 0 Å². The van der Waals surface area contributed by atoms with Crippen molar-refractivity contribution in [1.82, 2.24) is 14.9 Å². The van der Waals surface area contributed by atoms with Gasteiger partial charge in [0.2, 0.25) is 10.0 Å². The molecule has 0 aromatic heterocycles. The molecule has 0 aromatic carbocycles. The van der Waals surface area contributed by atoms with Crippen LogP contribution < -0.4 is 10.6 Å². The summed E-state index contributed by atoms with van der Waals surface area (Å²) in [5.41, 5.74) is 0. The summed E-state index contributed by atoms with van der Waals surface area (Å²) < 4.78 is 26.0. The maximum atomic E-state index is 12.2. The highest BCUT2D eigenvalue weighted by Gasteiger charge is 2.23. The number of guanidine groups is 1. The Kier molecular flexibility index (Phi) is 8.43. The van der Waals surface area contributed by atoms with Gasteiger partial charge < -0.3 is 10.6 Å². The monoisotopic (exact) mass is 336 g/mol. The molecule has 2 N–H and O–H groups in total. The number of thioether (sulfide) groups is 1. The molecule has 1 saturated heterocycles. The molecule has 1 fully saturated rings. The van der Waals surface area contributed by atoms with E-state index in [9.17, 15) is 8.42 Å². The third-order valence-corrected chi connectivity index (χ3v) is 6.12. The van der Waals surface area contributed by atoms with Crippen LogP contribution >= 0.6 is 11.8 Å². The van der Waals surface area contributed by atoms with Gasteiger partial charge in [0.15, 0.2) is 5.96 Å². The van der Waals surface area contributed by atoms with E-state index in [-0.39, 0.29) is 12.3 Å². The van der Waals surface area contributed by atoms with Crippen LogP contribution in [0.4, 0.5) is 0 Å². The Morgan fingerprint density at radius 2 is 2.00 bits per heavy atom. The maximum absolute atomic E-state index is 12.2. The highest BCUT2D eigenvalue weighted by molar-refractivity contribution is 7.99. The summed E-state index contributed by atoms with van der Waals surface area (Å²) in [6.45, 7) is 8.48. The van der Waals surface area contributed by atoms with Gasteiger partial charge in [0.25, 0.3) is 0 Å². The fourth-order valence-corrected chi connectivity index (χ4v) is 4.34. The van der Waals surface area contributed by atoms with Gasteiger partial charge >= 0.3 is 0 Å². The Bertz CT molecular complexity index is 420. The zero-order valence-corrected chi connectivity index (χ0v) is 14.9. The van der Waals surface area contributed by atoms with Crippen molar-refractivity contribution in [3.8, 4) is 0 Å². The molecule has 1 rings (SSSR count). The van der Waals surface area contributed by atoms with E-state index in [1.165, 1.54) is 0 Å². The number of aliphatic imine (C=N–C) groups is 1. The summed E-state index contributed by atoms with van der Waals surface area (Å²) in [5.74, 6) is 2.55. The van der Waals surface area contributed by atoms with Crippen molar-refractivity contribution in [2.75, 3.05) is 43.4 Å². The molecule has 0 bridgehead atoms. The molecule has 8 heteroatoms. The van der Waals surface area contributed by atoms with Crippen LogP contribution in [0.25, 0.3) is 0 Å². The molecule has 0 aromatic rings. The van der Waals surface area contributed by atoms with Crippen LogP contribution in [-0.2, 0) is 10.0 Å². The molecule has 0 saturated carbocycles. The van der Waals surface area contributed by atoms with Gasteiger partial charge in [-0.15, -0.1) is 0 Å². The summed E-state index contributed by atoms with van der Waals surface area (Å²) in [6, 6.07) is 0.318. The molecule has 0 aliphatic carbocycles. The summed E-state index contributed by atoms with van der Waals surface area (Å²) in [5, 5.41) is 6.40. The first-order chi connectivity index (χ1) is 9.99. The van der Waals surface area contributed by atoms with Crippen molar-refractivity contribution >= 4 is 27.7 Å². The van der Waals surface area contributed by atoms with Crippen LogP contribution in [0.2, 0.25) is 0 Å². The maximum Gasteiger partial charge on any atom is 0.215 e. The number of nitrogens with one attached hydrogen (secondary N) is 2. The van der Waals surface area contributed by atoms with Gasteiger partial charge in [-0.2, -0.15) is 11.8 Å². The third kappa shape index (κ3) is 6.88. The third-order valence-electron chi connectivity index (χ3n) is 3.32. The highest BCUT2D eigenvalue weighted by Crippen LogP contribution is 2.13. The van der Waals surface area contributed by atoms with Crippen molar-refractivity contribution in [2.24, 2.45) is 4.99 Å². The molecule has 0 spiro atoms. The lowest BCUT2D eigenvalue weighted by Crippen LogP contribution is -2.43. The first kappa shape index (κ1) is 18.6. The Morgan fingerprint density at radius 3 is 2.57 bits per heavy atom. The zero-order chi connectivity index (χ0) is 15.7. The van der Waals surface area contributed by atoms with Crippen LogP contribution in [0, 0.1) is 0 Å². The predicted octanol–water partition coefficient (Wildman–Crippen LogP) is 0.719. The Morgan fingerprint density at radius 1 is 1.33 bits per heavy atom. The lowest BCUT2D eigenvalue weighted by atomic mass is 10.3. The number of hydrogen-bond acceptors (Lipinski definition) is 4. The molecular weight excluding hydrogens is 308 g/mol. The number of nitrogens with zero attached hydrogens (tertiary/aromatic N) is 2. The molecular formula is C13H28N4O2S2. The van der Waals surface area contributed by atoms with E-state index in [1.807, 2.05) is 6.92 Å². The lowest BCUT2D eigenvalue weighted by molar-refractivity contribution is 0.444. The summed E-state index contributed by atoms with van der Waals surface area (Å²) in [7, 11) is -3.17. The second kappa shape index (κ2) is 9.53. The lowest BCUT2D eigenvalue weighted by Gasteiger charge is -2.25. The molecule has 1 aliphatic rings. The minimum atomic E-state index is -3.17. The first-order valence-electron chi connectivity index (χ1n) is 7.60. The molecule has 0 radical (unpaired) electrons. The highest BCUT2D eigenvalue weighted by atomic mass is 32.2. The minimum Gasteiger partial charge on any atom is -0.357 e. The largest absolute Gasteiger partial charge is 0.357 e. The Labute approximate surface area is 133 Å². The summed E-state index contributed by atoms with van der Waals surface area (Å²) in [4.78, 5) is 4.36. The van der Waals surface area contributed by atoms with Crippen molar-refractivity contribution < 1.29 is 8.42 Å². The van der Waals surface area contributed by atoms with E-state index in [0.717, 1.165) is 24.5 Å².